The molecule has 0 saturated heterocycles. The minimum Gasteiger partial charge on any atom is -0.365 e. The number of fused-ring (bicyclic) bond motifs is 1. The average Bonchev–Trinajstić information content (AvgIpc) is 3.58. The van der Waals surface area contributed by atoms with Crippen molar-refractivity contribution < 1.29 is 4.79 Å². The molecular weight excluding hydrogens is 372 g/mol. The summed E-state index contributed by atoms with van der Waals surface area (Å²) in [6, 6.07) is 13.2. The van der Waals surface area contributed by atoms with Crippen LogP contribution in [0.15, 0.2) is 42.6 Å². The molecule has 5 nitrogen and oxygen atoms in total. The zero-order valence-electron chi connectivity index (χ0n) is 17.4. The Morgan fingerprint density at radius 2 is 1.80 bits per heavy atom. The summed E-state index contributed by atoms with van der Waals surface area (Å²) in [4.78, 5) is 12.5. The molecule has 1 heterocycles. The second-order valence-corrected chi connectivity index (χ2v) is 8.75. The van der Waals surface area contributed by atoms with E-state index in [1.54, 1.807) is 0 Å². The Morgan fingerprint density at radius 1 is 0.967 bits per heavy atom. The largest absolute Gasteiger partial charge is 0.365 e. The van der Waals surface area contributed by atoms with Gasteiger partial charge in [-0.1, -0.05) is 31.4 Å². The second-order valence-electron chi connectivity index (χ2n) is 8.75. The van der Waals surface area contributed by atoms with Crippen LogP contribution in [0.5, 0.6) is 0 Å². The van der Waals surface area contributed by atoms with Crippen LogP contribution in [0.3, 0.4) is 0 Å². The second kappa shape index (κ2) is 8.05. The number of hydrogen-bond donors (Lipinski definition) is 2. The van der Waals surface area contributed by atoms with E-state index >= 15 is 0 Å². The summed E-state index contributed by atoms with van der Waals surface area (Å²) in [5.74, 6) is 0.893. The van der Waals surface area contributed by atoms with Gasteiger partial charge in [0, 0.05) is 28.4 Å². The highest BCUT2D eigenvalue weighted by Gasteiger charge is 2.24. The summed E-state index contributed by atoms with van der Waals surface area (Å²) in [5.41, 5.74) is 4.05. The van der Waals surface area contributed by atoms with E-state index in [1.807, 2.05) is 24.4 Å². The maximum absolute atomic E-state index is 12.5. The van der Waals surface area contributed by atoms with Crippen LogP contribution in [-0.2, 0) is 0 Å². The molecule has 0 aliphatic heterocycles. The zero-order valence-corrected chi connectivity index (χ0v) is 17.4. The SMILES string of the molecule is Cc1ccc(C(=O)NC2CC2)cc1-c1ccc2c(NC3CCCCC3)nncc2c1. The molecule has 0 atom stereocenters. The number of carbonyl (C=O) groups excluding carboxylic acids is 1. The van der Waals surface area contributed by atoms with Crippen molar-refractivity contribution in [2.45, 2.75) is 64.0 Å². The molecule has 0 radical (unpaired) electrons. The Hall–Kier alpha value is -2.95. The molecule has 1 aromatic heterocycles. The van der Waals surface area contributed by atoms with Crippen LogP contribution in [0.25, 0.3) is 21.9 Å². The van der Waals surface area contributed by atoms with Gasteiger partial charge < -0.3 is 10.6 Å². The van der Waals surface area contributed by atoms with E-state index < -0.39 is 0 Å². The maximum atomic E-state index is 12.5. The van der Waals surface area contributed by atoms with Crippen LogP contribution >= 0.6 is 0 Å². The first-order valence-electron chi connectivity index (χ1n) is 11.1. The fourth-order valence-electron chi connectivity index (χ4n) is 4.37. The maximum Gasteiger partial charge on any atom is 0.251 e. The summed E-state index contributed by atoms with van der Waals surface area (Å²) in [6.45, 7) is 2.09. The lowest BCUT2D eigenvalue weighted by atomic mass is 9.95. The summed E-state index contributed by atoms with van der Waals surface area (Å²) >= 11 is 0. The summed E-state index contributed by atoms with van der Waals surface area (Å²) in [6.07, 6.45) is 10.3. The summed E-state index contributed by atoms with van der Waals surface area (Å²) < 4.78 is 0. The first kappa shape index (κ1) is 19.0. The molecule has 30 heavy (non-hydrogen) atoms. The zero-order chi connectivity index (χ0) is 20.5. The Bertz CT molecular complexity index is 1080. The van der Waals surface area contributed by atoms with Gasteiger partial charge in [0.2, 0.25) is 0 Å². The average molecular weight is 401 g/mol. The third-order valence-electron chi connectivity index (χ3n) is 6.33. The standard InChI is InChI=1S/C25H28N4O/c1-16-7-8-18(25(30)28-21-10-11-21)14-23(16)17-9-12-22-19(13-17)15-26-29-24(22)27-20-5-3-2-4-6-20/h7-9,12-15,20-21H,2-6,10-11H2,1H3,(H,27,29)(H,28,30). The Kier molecular flexibility index (Phi) is 5.11. The van der Waals surface area contributed by atoms with Crippen molar-refractivity contribution in [1.82, 2.24) is 15.5 Å². The summed E-state index contributed by atoms with van der Waals surface area (Å²) in [5, 5.41) is 17.5. The summed E-state index contributed by atoms with van der Waals surface area (Å²) in [7, 11) is 0. The molecule has 2 N–H and O–H groups in total. The van der Waals surface area contributed by atoms with Crippen molar-refractivity contribution in [2.24, 2.45) is 0 Å². The van der Waals surface area contributed by atoms with Crippen LogP contribution in [0, 0.1) is 6.92 Å². The van der Waals surface area contributed by atoms with Crippen molar-refractivity contribution in [3.8, 4) is 11.1 Å². The molecule has 2 fully saturated rings. The van der Waals surface area contributed by atoms with E-state index in [0.717, 1.165) is 51.7 Å². The Morgan fingerprint density at radius 3 is 2.60 bits per heavy atom. The lowest BCUT2D eigenvalue weighted by molar-refractivity contribution is 0.0951. The predicted octanol–water partition coefficient (Wildman–Crippen LogP) is 5.24. The molecule has 2 aliphatic carbocycles. The van der Waals surface area contributed by atoms with Gasteiger partial charge in [-0.3, -0.25) is 4.79 Å². The van der Waals surface area contributed by atoms with E-state index in [0.29, 0.717) is 12.1 Å². The van der Waals surface area contributed by atoms with Crippen molar-refractivity contribution >= 4 is 22.5 Å². The molecule has 0 bridgehead atoms. The predicted molar refractivity (Wildman–Crippen MR) is 121 cm³/mol. The molecular formula is C25H28N4O. The topological polar surface area (TPSA) is 66.9 Å². The minimum atomic E-state index is 0.0179. The number of benzene rings is 2. The highest BCUT2D eigenvalue weighted by Crippen LogP contribution is 2.31. The lowest BCUT2D eigenvalue weighted by Gasteiger charge is -2.23. The van der Waals surface area contributed by atoms with Crippen molar-refractivity contribution in [2.75, 3.05) is 5.32 Å². The van der Waals surface area contributed by atoms with Crippen LogP contribution in [-0.4, -0.2) is 28.2 Å². The Balaban J connectivity index is 1.45. The molecule has 0 spiro atoms. The molecule has 154 valence electrons. The van der Waals surface area contributed by atoms with Crippen molar-refractivity contribution in [1.29, 1.82) is 0 Å². The number of hydrogen-bond acceptors (Lipinski definition) is 4. The van der Waals surface area contributed by atoms with Crippen molar-refractivity contribution in [3.05, 3.63) is 53.7 Å². The molecule has 2 aromatic carbocycles. The van der Waals surface area contributed by atoms with Gasteiger partial charge in [-0.25, -0.2) is 0 Å². The highest BCUT2D eigenvalue weighted by molar-refractivity contribution is 5.97. The van der Waals surface area contributed by atoms with Gasteiger partial charge in [0.15, 0.2) is 5.82 Å². The number of carbonyl (C=O) groups is 1. The molecule has 5 rings (SSSR count). The van der Waals surface area contributed by atoms with E-state index in [-0.39, 0.29) is 5.91 Å². The van der Waals surface area contributed by atoms with E-state index in [9.17, 15) is 4.79 Å². The van der Waals surface area contributed by atoms with Crippen molar-refractivity contribution in [3.63, 3.8) is 0 Å². The quantitative estimate of drug-likeness (QED) is 0.614. The van der Waals surface area contributed by atoms with Gasteiger partial charge in [0.1, 0.15) is 0 Å². The Labute approximate surface area is 177 Å². The number of nitrogens with zero attached hydrogens (tertiary/aromatic N) is 2. The molecule has 2 aliphatic rings. The smallest absolute Gasteiger partial charge is 0.251 e. The molecule has 0 unspecified atom stereocenters. The first-order chi connectivity index (χ1) is 14.7. The monoisotopic (exact) mass is 400 g/mol. The van der Waals surface area contributed by atoms with Gasteiger partial charge >= 0.3 is 0 Å². The van der Waals surface area contributed by atoms with E-state index in [4.69, 9.17) is 0 Å². The van der Waals surface area contributed by atoms with Gasteiger partial charge in [-0.05, 0) is 73.6 Å². The van der Waals surface area contributed by atoms with Gasteiger partial charge in [-0.15, -0.1) is 5.10 Å². The van der Waals surface area contributed by atoms with Crippen LogP contribution in [0.4, 0.5) is 5.82 Å². The normalized spacial score (nSPS) is 17.1. The number of amides is 1. The number of aromatic nitrogens is 2. The molecule has 1 amide bonds. The fraction of sp³-hybridized carbons (Fsp3) is 0.400. The van der Waals surface area contributed by atoms with Gasteiger partial charge in [0.05, 0.1) is 6.20 Å². The van der Waals surface area contributed by atoms with Gasteiger partial charge in [-0.2, -0.15) is 5.10 Å². The van der Waals surface area contributed by atoms with E-state index in [1.165, 1.54) is 32.1 Å². The first-order valence-corrected chi connectivity index (χ1v) is 11.1. The highest BCUT2D eigenvalue weighted by atomic mass is 16.1. The van der Waals surface area contributed by atoms with Gasteiger partial charge in [0.25, 0.3) is 5.91 Å². The lowest BCUT2D eigenvalue weighted by Crippen LogP contribution is -2.25. The number of rotatable bonds is 5. The number of anilines is 1. The number of aryl methyl sites for hydroxylation is 1. The van der Waals surface area contributed by atoms with Crippen LogP contribution in [0.1, 0.15) is 60.9 Å². The van der Waals surface area contributed by atoms with E-state index in [2.05, 4.69) is 46.0 Å². The number of nitrogens with one attached hydrogen (secondary N) is 2. The third-order valence-corrected chi connectivity index (χ3v) is 6.33. The molecule has 3 aromatic rings. The minimum absolute atomic E-state index is 0.0179. The molecule has 2 saturated carbocycles. The van der Waals surface area contributed by atoms with Crippen LogP contribution < -0.4 is 10.6 Å². The third kappa shape index (κ3) is 4.02. The fourth-order valence-corrected chi connectivity index (χ4v) is 4.37. The van der Waals surface area contributed by atoms with Crippen LogP contribution in [0.2, 0.25) is 0 Å². The molecule has 5 heteroatoms.